The van der Waals surface area contributed by atoms with Crippen molar-refractivity contribution in [2.45, 2.75) is 42.1 Å². The Morgan fingerprint density at radius 3 is 2.11 bits per heavy atom. The molecule has 5 rings (SSSR count). The Morgan fingerprint density at radius 2 is 1.51 bits per heavy atom. The fourth-order valence-electron chi connectivity index (χ4n) is 5.75. The number of rotatable bonds is 6. The van der Waals surface area contributed by atoms with E-state index in [9.17, 15) is 13.2 Å². The molecule has 0 aromatic heterocycles. The first-order valence-corrected chi connectivity index (χ1v) is 14.2. The van der Waals surface area contributed by atoms with Crippen molar-refractivity contribution in [3.63, 3.8) is 0 Å². The number of ether oxygens (including phenoxy) is 1. The Hall–Kier alpha value is -2.26. The summed E-state index contributed by atoms with van der Waals surface area (Å²) < 4.78 is 33.7. The van der Waals surface area contributed by atoms with E-state index in [1.165, 1.54) is 4.31 Å². The molecule has 0 saturated carbocycles. The zero-order valence-corrected chi connectivity index (χ0v) is 21.0. The maximum atomic E-state index is 14.1. The van der Waals surface area contributed by atoms with Crippen molar-refractivity contribution in [1.82, 2.24) is 14.1 Å². The highest BCUT2D eigenvalue weighted by atomic mass is 32.2. The zero-order chi connectivity index (χ0) is 24.3. The number of piperidine rings is 1. The van der Waals surface area contributed by atoms with Gasteiger partial charge in [-0.1, -0.05) is 48.5 Å². The predicted molar refractivity (Wildman–Crippen MR) is 135 cm³/mol. The summed E-state index contributed by atoms with van der Waals surface area (Å²) in [4.78, 5) is 18.8. The average molecular weight is 498 g/mol. The Balaban J connectivity index is 1.30. The Labute approximate surface area is 208 Å². The van der Waals surface area contributed by atoms with Gasteiger partial charge in [0.15, 0.2) is 0 Å². The summed E-state index contributed by atoms with van der Waals surface area (Å²) in [6, 6.07) is 18.5. The molecule has 0 radical (unpaired) electrons. The molecule has 1 atom stereocenters. The number of sulfonamides is 1. The lowest BCUT2D eigenvalue weighted by Crippen LogP contribution is -2.58. The minimum absolute atomic E-state index is 0.136. The molecular weight excluding hydrogens is 462 g/mol. The van der Waals surface area contributed by atoms with Crippen LogP contribution in [0.25, 0.3) is 0 Å². The van der Waals surface area contributed by atoms with E-state index in [-0.39, 0.29) is 5.91 Å². The number of carbonyl (C=O) groups is 1. The summed E-state index contributed by atoms with van der Waals surface area (Å²) in [6.07, 6.45) is 3.55. The number of amides is 1. The first kappa shape index (κ1) is 24.4. The fraction of sp³-hybridized carbons (Fsp3) is 0.519. The molecule has 0 bridgehead atoms. The van der Waals surface area contributed by atoms with Gasteiger partial charge in [-0.05, 0) is 43.4 Å². The standard InChI is InChI=1S/C27H35N3O4S/c31-26(29-19-17-28(18-20-29)22-24-10-7-21-34-24)27(23-8-3-1-4-9-23)13-15-30(16-14-27)35(32,33)25-11-5-2-6-12-25/h1-6,8-9,11-12,24H,7,10,13-22H2/t24-/m1/s1. The monoisotopic (exact) mass is 497 g/mol. The van der Waals surface area contributed by atoms with Gasteiger partial charge in [0.2, 0.25) is 15.9 Å². The summed E-state index contributed by atoms with van der Waals surface area (Å²) >= 11 is 0. The molecule has 8 heteroatoms. The van der Waals surface area contributed by atoms with Gasteiger partial charge < -0.3 is 9.64 Å². The van der Waals surface area contributed by atoms with E-state index in [2.05, 4.69) is 4.90 Å². The van der Waals surface area contributed by atoms with Crippen LogP contribution in [0.4, 0.5) is 0 Å². The molecule has 188 valence electrons. The lowest BCUT2D eigenvalue weighted by atomic mass is 9.72. The van der Waals surface area contributed by atoms with Crippen molar-refractivity contribution in [2.24, 2.45) is 0 Å². The van der Waals surface area contributed by atoms with Gasteiger partial charge in [0.1, 0.15) is 0 Å². The van der Waals surface area contributed by atoms with Gasteiger partial charge in [-0.2, -0.15) is 4.31 Å². The van der Waals surface area contributed by atoms with Crippen LogP contribution in [0, 0.1) is 0 Å². The van der Waals surface area contributed by atoms with Crippen molar-refractivity contribution < 1.29 is 17.9 Å². The van der Waals surface area contributed by atoms with E-state index >= 15 is 0 Å². The third kappa shape index (κ3) is 5.03. The van der Waals surface area contributed by atoms with E-state index < -0.39 is 15.4 Å². The van der Waals surface area contributed by atoms with Gasteiger partial charge in [0.25, 0.3) is 0 Å². The average Bonchev–Trinajstić information content (AvgIpc) is 3.43. The highest BCUT2D eigenvalue weighted by Gasteiger charge is 2.47. The van der Waals surface area contributed by atoms with Crippen molar-refractivity contribution in [1.29, 1.82) is 0 Å². The van der Waals surface area contributed by atoms with Gasteiger partial charge in [0.05, 0.1) is 16.4 Å². The summed E-state index contributed by atoms with van der Waals surface area (Å²) in [7, 11) is -3.57. The molecular formula is C27H35N3O4S. The lowest BCUT2D eigenvalue weighted by molar-refractivity contribution is -0.141. The minimum atomic E-state index is -3.57. The van der Waals surface area contributed by atoms with Crippen LogP contribution in [0.15, 0.2) is 65.6 Å². The van der Waals surface area contributed by atoms with Gasteiger partial charge in [-0.3, -0.25) is 9.69 Å². The van der Waals surface area contributed by atoms with Gasteiger partial charge >= 0.3 is 0 Å². The molecule has 3 aliphatic rings. The molecule has 2 aromatic carbocycles. The van der Waals surface area contributed by atoms with Crippen LogP contribution < -0.4 is 0 Å². The molecule has 7 nitrogen and oxygen atoms in total. The topological polar surface area (TPSA) is 70.2 Å². The zero-order valence-electron chi connectivity index (χ0n) is 20.2. The van der Waals surface area contributed by atoms with Crippen LogP contribution in [0.2, 0.25) is 0 Å². The predicted octanol–water partition coefficient (Wildman–Crippen LogP) is 2.73. The molecule has 0 unspecified atom stereocenters. The van der Waals surface area contributed by atoms with Crippen molar-refractivity contribution in [2.75, 3.05) is 52.4 Å². The summed E-state index contributed by atoms with van der Waals surface area (Å²) in [6.45, 7) is 5.57. The minimum Gasteiger partial charge on any atom is -0.377 e. The lowest BCUT2D eigenvalue weighted by Gasteiger charge is -2.45. The fourth-order valence-corrected chi connectivity index (χ4v) is 7.21. The third-order valence-electron chi connectivity index (χ3n) is 7.84. The number of hydrogen-bond donors (Lipinski definition) is 0. The first-order chi connectivity index (χ1) is 17.0. The van der Waals surface area contributed by atoms with Crippen molar-refractivity contribution in [3.05, 3.63) is 66.2 Å². The second kappa shape index (κ2) is 10.4. The molecule has 3 aliphatic heterocycles. The van der Waals surface area contributed by atoms with E-state index in [1.54, 1.807) is 24.3 Å². The molecule has 1 amide bonds. The van der Waals surface area contributed by atoms with E-state index in [0.29, 0.717) is 50.0 Å². The molecule has 0 aliphatic carbocycles. The van der Waals surface area contributed by atoms with Crippen LogP contribution in [0.1, 0.15) is 31.2 Å². The highest BCUT2D eigenvalue weighted by Crippen LogP contribution is 2.39. The summed E-state index contributed by atoms with van der Waals surface area (Å²) in [5.74, 6) is 0.136. The van der Waals surface area contributed by atoms with Gasteiger partial charge in [-0.25, -0.2) is 8.42 Å². The molecule has 3 fully saturated rings. The summed E-state index contributed by atoms with van der Waals surface area (Å²) in [5, 5.41) is 0. The van der Waals surface area contributed by atoms with Crippen LogP contribution in [0.5, 0.6) is 0 Å². The van der Waals surface area contributed by atoms with Crippen LogP contribution in [-0.2, 0) is 25.0 Å². The van der Waals surface area contributed by atoms with E-state index in [1.807, 2.05) is 41.3 Å². The molecule has 3 heterocycles. The van der Waals surface area contributed by atoms with Crippen molar-refractivity contribution >= 4 is 15.9 Å². The quantitative estimate of drug-likeness (QED) is 0.614. The molecule has 35 heavy (non-hydrogen) atoms. The van der Waals surface area contributed by atoms with E-state index in [4.69, 9.17) is 4.74 Å². The number of nitrogens with zero attached hydrogens (tertiary/aromatic N) is 3. The van der Waals surface area contributed by atoms with Gasteiger partial charge in [0, 0.05) is 52.4 Å². The SMILES string of the molecule is O=C(N1CCN(C[C@H]2CCCO2)CC1)C1(c2ccccc2)CCN(S(=O)(=O)c2ccccc2)CC1. The Morgan fingerprint density at radius 1 is 0.886 bits per heavy atom. The molecule has 2 aromatic rings. The van der Waals surface area contributed by atoms with Crippen LogP contribution in [-0.4, -0.2) is 87.0 Å². The second-order valence-corrected chi connectivity index (χ2v) is 11.8. The largest absolute Gasteiger partial charge is 0.377 e. The smallest absolute Gasteiger partial charge is 0.243 e. The summed E-state index contributed by atoms with van der Waals surface area (Å²) in [5.41, 5.74) is 0.296. The molecule has 0 N–H and O–H groups in total. The first-order valence-electron chi connectivity index (χ1n) is 12.7. The van der Waals surface area contributed by atoms with Crippen LogP contribution >= 0.6 is 0 Å². The number of hydrogen-bond acceptors (Lipinski definition) is 5. The number of piperazine rings is 1. The highest BCUT2D eigenvalue weighted by molar-refractivity contribution is 7.89. The number of carbonyl (C=O) groups excluding carboxylic acids is 1. The number of benzene rings is 2. The molecule has 0 spiro atoms. The third-order valence-corrected chi connectivity index (χ3v) is 9.75. The Bertz CT molecular complexity index is 1090. The van der Waals surface area contributed by atoms with Crippen molar-refractivity contribution in [3.8, 4) is 0 Å². The maximum Gasteiger partial charge on any atom is 0.243 e. The second-order valence-electron chi connectivity index (χ2n) is 9.89. The normalized spacial score (nSPS) is 23.9. The van der Waals surface area contributed by atoms with E-state index in [0.717, 1.165) is 44.6 Å². The van der Waals surface area contributed by atoms with Gasteiger partial charge in [-0.15, -0.1) is 0 Å². The Kier molecular flexibility index (Phi) is 7.25. The molecule has 3 saturated heterocycles. The maximum absolute atomic E-state index is 14.1. The van der Waals surface area contributed by atoms with Crippen LogP contribution in [0.3, 0.4) is 0 Å².